The topological polar surface area (TPSA) is 38.0 Å². The molecule has 0 saturated heterocycles. The molecule has 1 aromatic carbocycles. The molecule has 0 unspecified atom stereocenters. The summed E-state index contributed by atoms with van der Waals surface area (Å²) < 4.78 is 0. The van der Waals surface area contributed by atoms with E-state index in [-0.39, 0.29) is 0 Å². The third kappa shape index (κ3) is 1.30. The third-order valence-corrected chi connectivity index (χ3v) is 2.50. The van der Waals surface area contributed by atoms with Crippen molar-refractivity contribution in [3.63, 3.8) is 0 Å². The van der Waals surface area contributed by atoms with Crippen molar-refractivity contribution in [3.8, 4) is 0 Å². The van der Waals surface area contributed by atoms with Crippen molar-refractivity contribution in [1.29, 1.82) is 0 Å². The number of rotatable bonds is 1. The molecule has 0 spiro atoms. The van der Waals surface area contributed by atoms with Crippen LogP contribution in [0.25, 0.3) is 0 Å². The van der Waals surface area contributed by atoms with Crippen molar-refractivity contribution in [2.45, 2.75) is 27.7 Å². The molecule has 0 radical (unpaired) electrons. The number of hydrogen-bond acceptors (Lipinski definition) is 2. The van der Waals surface area contributed by atoms with Crippen LogP contribution in [0, 0.1) is 27.7 Å². The maximum absolute atomic E-state index is 5.42. The molecule has 1 rings (SSSR count). The van der Waals surface area contributed by atoms with Crippen molar-refractivity contribution >= 4 is 5.69 Å². The van der Waals surface area contributed by atoms with Gasteiger partial charge in [0.05, 0.1) is 5.69 Å². The fourth-order valence-corrected chi connectivity index (χ4v) is 1.51. The van der Waals surface area contributed by atoms with Crippen molar-refractivity contribution < 1.29 is 0 Å². The van der Waals surface area contributed by atoms with E-state index in [4.69, 9.17) is 5.84 Å². The molecule has 0 aromatic heterocycles. The maximum atomic E-state index is 5.42. The number of nitrogen functional groups attached to an aromatic ring is 1. The molecular weight excluding hydrogens is 148 g/mol. The summed E-state index contributed by atoms with van der Waals surface area (Å²) in [5.74, 6) is 5.42. The van der Waals surface area contributed by atoms with Crippen LogP contribution in [0.1, 0.15) is 22.3 Å². The average molecular weight is 164 g/mol. The Labute approximate surface area is 73.8 Å². The lowest BCUT2D eigenvalue weighted by Gasteiger charge is -2.13. The van der Waals surface area contributed by atoms with Gasteiger partial charge in [0, 0.05) is 0 Å². The van der Waals surface area contributed by atoms with Crippen LogP contribution in [0.3, 0.4) is 0 Å². The number of benzene rings is 1. The quantitative estimate of drug-likeness (QED) is 0.493. The Bertz CT molecular complexity index is 303. The minimum atomic E-state index is 1.05. The lowest BCUT2D eigenvalue weighted by atomic mass is 9.99. The Balaban J connectivity index is 3.40. The molecule has 2 nitrogen and oxygen atoms in total. The zero-order chi connectivity index (χ0) is 9.30. The predicted octanol–water partition coefficient (Wildman–Crippen LogP) is 2.21. The smallest absolute Gasteiger partial charge is 0.0546 e. The lowest BCUT2D eigenvalue weighted by Crippen LogP contribution is -2.10. The van der Waals surface area contributed by atoms with Gasteiger partial charge in [-0.05, 0) is 49.9 Å². The van der Waals surface area contributed by atoms with Crippen molar-refractivity contribution in [2.24, 2.45) is 5.84 Å². The fraction of sp³-hybridized carbons (Fsp3) is 0.400. The molecule has 0 atom stereocenters. The highest BCUT2D eigenvalue weighted by molar-refractivity contribution is 5.60. The summed E-state index contributed by atoms with van der Waals surface area (Å²) >= 11 is 0. The predicted molar refractivity (Wildman–Crippen MR) is 53.2 cm³/mol. The Morgan fingerprint density at radius 3 is 2.08 bits per heavy atom. The van der Waals surface area contributed by atoms with E-state index < -0.39 is 0 Å². The average Bonchev–Trinajstić information content (AvgIpc) is 2.01. The van der Waals surface area contributed by atoms with Gasteiger partial charge >= 0.3 is 0 Å². The minimum Gasteiger partial charge on any atom is -0.324 e. The molecule has 0 aliphatic carbocycles. The fourth-order valence-electron chi connectivity index (χ4n) is 1.51. The highest BCUT2D eigenvalue weighted by Gasteiger charge is 2.05. The van der Waals surface area contributed by atoms with E-state index in [2.05, 4.69) is 39.2 Å². The van der Waals surface area contributed by atoms with E-state index in [0.29, 0.717) is 0 Å². The number of hydrogen-bond donors (Lipinski definition) is 2. The van der Waals surface area contributed by atoms with Crippen LogP contribution in [-0.2, 0) is 0 Å². The second-order valence-corrected chi connectivity index (χ2v) is 3.28. The van der Waals surface area contributed by atoms with Crippen molar-refractivity contribution in [1.82, 2.24) is 0 Å². The van der Waals surface area contributed by atoms with Crippen molar-refractivity contribution in [2.75, 3.05) is 5.43 Å². The Hall–Kier alpha value is -1.02. The Morgan fingerprint density at radius 2 is 1.58 bits per heavy atom. The summed E-state index contributed by atoms with van der Waals surface area (Å²) in [6, 6.07) is 2.15. The zero-order valence-electron chi connectivity index (χ0n) is 8.15. The van der Waals surface area contributed by atoms with E-state index >= 15 is 0 Å². The molecule has 0 amide bonds. The van der Waals surface area contributed by atoms with Gasteiger partial charge in [-0.25, -0.2) is 0 Å². The van der Waals surface area contributed by atoms with Gasteiger partial charge in [0.25, 0.3) is 0 Å². The van der Waals surface area contributed by atoms with Gasteiger partial charge in [0.2, 0.25) is 0 Å². The van der Waals surface area contributed by atoms with Crippen molar-refractivity contribution in [3.05, 3.63) is 28.3 Å². The molecule has 3 N–H and O–H groups in total. The van der Waals surface area contributed by atoms with E-state index in [1.807, 2.05) is 0 Å². The van der Waals surface area contributed by atoms with Gasteiger partial charge in [-0.1, -0.05) is 6.07 Å². The molecule has 0 fully saturated rings. The zero-order valence-corrected chi connectivity index (χ0v) is 8.15. The number of nitrogens with one attached hydrogen (secondary N) is 1. The molecule has 0 saturated carbocycles. The largest absolute Gasteiger partial charge is 0.324 e. The summed E-state index contributed by atoms with van der Waals surface area (Å²) in [7, 11) is 0. The maximum Gasteiger partial charge on any atom is 0.0546 e. The van der Waals surface area contributed by atoms with Crippen LogP contribution in [0.15, 0.2) is 6.07 Å². The van der Waals surface area contributed by atoms with Crippen LogP contribution in [0.2, 0.25) is 0 Å². The molecule has 0 bridgehead atoms. The first-order valence-corrected chi connectivity index (χ1v) is 4.12. The molecule has 12 heavy (non-hydrogen) atoms. The van der Waals surface area contributed by atoms with Gasteiger partial charge < -0.3 is 5.43 Å². The molecular formula is C10H16N2. The summed E-state index contributed by atoms with van der Waals surface area (Å²) in [4.78, 5) is 0. The Morgan fingerprint density at radius 1 is 1.00 bits per heavy atom. The molecule has 0 aliphatic rings. The molecule has 0 heterocycles. The number of hydrazine groups is 1. The van der Waals surface area contributed by atoms with Crippen LogP contribution in [0.5, 0.6) is 0 Å². The standard InChI is InChI=1S/C10H16N2/c1-6-5-7(2)10(12-11)9(4)8(6)3/h5,12H,11H2,1-4H3. The normalized spacial score (nSPS) is 10.1. The summed E-state index contributed by atoms with van der Waals surface area (Å²) in [6.07, 6.45) is 0. The van der Waals surface area contributed by atoms with Gasteiger partial charge in [-0.15, -0.1) is 0 Å². The van der Waals surface area contributed by atoms with Crippen LogP contribution >= 0.6 is 0 Å². The molecule has 0 aliphatic heterocycles. The highest BCUT2D eigenvalue weighted by atomic mass is 15.2. The van der Waals surface area contributed by atoms with E-state index in [0.717, 1.165) is 5.69 Å². The third-order valence-electron chi connectivity index (χ3n) is 2.50. The lowest BCUT2D eigenvalue weighted by molar-refractivity contribution is 1.20. The number of aryl methyl sites for hydroxylation is 2. The Kier molecular flexibility index (Phi) is 2.38. The second-order valence-electron chi connectivity index (χ2n) is 3.28. The highest BCUT2D eigenvalue weighted by Crippen LogP contribution is 2.24. The number of nitrogens with two attached hydrogens (primary N) is 1. The summed E-state index contributed by atoms with van der Waals surface area (Å²) in [5.41, 5.74) is 8.87. The first kappa shape index (κ1) is 9.07. The molecule has 66 valence electrons. The molecule has 2 heteroatoms. The van der Waals surface area contributed by atoms with Gasteiger partial charge in [-0.3, -0.25) is 5.84 Å². The van der Waals surface area contributed by atoms with E-state index in [9.17, 15) is 0 Å². The van der Waals surface area contributed by atoms with Crippen LogP contribution < -0.4 is 11.3 Å². The summed E-state index contributed by atoms with van der Waals surface area (Å²) in [5, 5.41) is 0. The molecule has 1 aromatic rings. The first-order valence-electron chi connectivity index (χ1n) is 4.12. The monoisotopic (exact) mass is 164 g/mol. The summed E-state index contributed by atoms with van der Waals surface area (Å²) in [6.45, 7) is 8.39. The van der Waals surface area contributed by atoms with Crippen LogP contribution in [0.4, 0.5) is 5.69 Å². The van der Waals surface area contributed by atoms with E-state index in [1.165, 1.54) is 22.3 Å². The first-order chi connectivity index (χ1) is 5.57. The second kappa shape index (κ2) is 3.15. The van der Waals surface area contributed by atoms with E-state index in [1.54, 1.807) is 0 Å². The van der Waals surface area contributed by atoms with Gasteiger partial charge in [-0.2, -0.15) is 0 Å². The SMILES string of the molecule is Cc1cc(C)c(NN)c(C)c1C. The van der Waals surface area contributed by atoms with Gasteiger partial charge in [0.1, 0.15) is 0 Å². The van der Waals surface area contributed by atoms with Crippen LogP contribution in [-0.4, -0.2) is 0 Å². The number of anilines is 1. The minimum absolute atomic E-state index is 1.05. The van der Waals surface area contributed by atoms with Gasteiger partial charge in [0.15, 0.2) is 0 Å².